The predicted molar refractivity (Wildman–Crippen MR) is 52.7 cm³/mol. The normalized spacial score (nSPS) is 9.64. The van der Waals surface area contributed by atoms with Crippen LogP contribution in [0, 0.1) is 0 Å². The van der Waals surface area contributed by atoms with Gasteiger partial charge in [0, 0.05) is 0 Å². The summed E-state index contributed by atoms with van der Waals surface area (Å²) < 4.78 is 4.59. The fourth-order valence-corrected chi connectivity index (χ4v) is 1.12. The zero-order valence-corrected chi connectivity index (χ0v) is 8.36. The summed E-state index contributed by atoms with van der Waals surface area (Å²) in [6.45, 7) is 1.85. The molecule has 76 valence electrons. The molecule has 0 saturated carbocycles. The molecule has 0 radical (unpaired) electrons. The fourth-order valence-electron chi connectivity index (χ4n) is 0.906. The Morgan fingerprint density at radius 3 is 2.79 bits per heavy atom. The van der Waals surface area contributed by atoms with Gasteiger partial charge in [-0.25, -0.2) is 4.79 Å². The molecule has 1 rings (SSSR count). The van der Waals surface area contributed by atoms with Gasteiger partial charge in [0.15, 0.2) is 0 Å². The fraction of sp³-hybridized carbons (Fsp3) is 0.222. The predicted octanol–water partition coefficient (Wildman–Crippen LogP) is 2.69. The zero-order chi connectivity index (χ0) is 10.6. The molecule has 0 saturated heterocycles. The molecule has 0 spiro atoms. The topological polar surface area (TPSA) is 49.8 Å². The van der Waals surface area contributed by atoms with Gasteiger partial charge in [-0.05, 0) is 19.1 Å². The Kier molecular flexibility index (Phi) is 3.73. The number of carbonyl (C=O) groups excluding carboxylic acids is 1. The highest BCUT2D eigenvalue weighted by Gasteiger charge is 2.16. The van der Waals surface area contributed by atoms with Crippen molar-refractivity contribution in [2.45, 2.75) is 6.92 Å². The molecule has 14 heavy (non-hydrogen) atoms. The summed E-state index contributed by atoms with van der Waals surface area (Å²) >= 11 is 5.75. The Hall–Kier alpha value is -1.26. The molecule has 0 bridgehead atoms. The maximum Gasteiger partial charge on any atom is 0.438 e. The van der Waals surface area contributed by atoms with Crippen molar-refractivity contribution in [3.63, 3.8) is 0 Å². The lowest BCUT2D eigenvalue weighted by atomic mass is 10.3. The highest BCUT2D eigenvalue weighted by molar-refractivity contribution is 6.33. The molecule has 0 unspecified atom stereocenters. The van der Waals surface area contributed by atoms with Crippen LogP contribution in [0.15, 0.2) is 24.3 Å². The summed E-state index contributed by atoms with van der Waals surface area (Å²) in [7, 11) is 0. The molecule has 0 aliphatic rings. The molecular formula is C9H10ClNO3. The number of ether oxygens (including phenoxy) is 1. The van der Waals surface area contributed by atoms with Crippen LogP contribution in [-0.2, 0) is 4.74 Å². The SMILES string of the molecule is CCOC(=O)N(O)c1ccccc1Cl. The van der Waals surface area contributed by atoms with E-state index in [2.05, 4.69) is 4.74 Å². The average molecular weight is 216 g/mol. The van der Waals surface area contributed by atoms with Crippen molar-refractivity contribution in [3.05, 3.63) is 29.3 Å². The molecule has 0 aliphatic heterocycles. The number of halogens is 1. The van der Waals surface area contributed by atoms with Crippen molar-refractivity contribution in [2.24, 2.45) is 0 Å². The van der Waals surface area contributed by atoms with Gasteiger partial charge in [-0.15, -0.1) is 0 Å². The molecule has 0 aromatic heterocycles. The highest BCUT2D eigenvalue weighted by Crippen LogP contribution is 2.24. The van der Waals surface area contributed by atoms with Gasteiger partial charge in [0.05, 0.1) is 17.3 Å². The molecule has 1 N–H and O–H groups in total. The minimum Gasteiger partial charge on any atom is -0.448 e. The molecule has 1 amide bonds. The number of benzene rings is 1. The average Bonchev–Trinajstić information content (AvgIpc) is 2.18. The number of para-hydroxylation sites is 1. The van der Waals surface area contributed by atoms with Gasteiger partial charge in [-0.1, -0.05) is 23.7 Å². The van der Waals surface area contributed by atoms with Crippen LogP contribution in [0.1, 0.15) is 6.92 Å². The Morgan fingerprint density at radius 2 is 2.21 bits per heavy atom. The van der Waals surface area contributed by atoms with E-state index < -0.39 is 6.09 Å². The molecule has 5 heteroatoms. The third kappa shape index (κ3) is 2.37. The molecule has 0 aliphatic carbocycles. The molecule has 4 nitrogen and oxygen atoms in total. The summed E-state index contributed by atoms with van der Waals surface area (Å²) in [6.07, 6.45) is -0.847. The van der Waals surface area contributed by atoms with Crippen molar-refractivity contribution in [1.82, 2.24) is 0 Å². The highest BCUT2D eigenvalue weighted by atomic mass is 35.5. The number of anilines is 1. The van der Waals surface area contributed by atoms with Crippen LogP contribution in [0.3, 0.4) is 0 Å². The maximum absolute atomic E-state index is 11.1. The van der Waals surface area contributed by atoms with Crippen molar-refractivity contribution in [2.75, 3.05) is 11.7 Å². The largest absolute Gasteiger partial charge is 0.448 e. The molecule has 0 heterocycles. The molecule has 1 aromatic rings. The van der Waals surface area contributed by atoms with Crippen LogP contribution in [0.4, 0.5) is 10.5 Å². The van der Waals surface area contributed by atoms with E-state index in [0.717, 1.165) is 0 Å². The van der Waals surface area contributed by atoms with E-state index in [1.165, 1.54) is 6.07 Å². The van der Waals surface area contributed by atoms with E-state index in [1.54, 1.807) is 25.1 Å². The van der Waals surface area contributed by atoms with Crippen LogP contribution in [0.5, 0.6) is 0 Å². The monoisotopic (exact) mass is 215 g/mol. The first-order valence-corrected chi connectivity index (χ1v) is 4.45. The lowest BCUT2D eigenvalue weighted by Gasteiger charge is -2.14. The Labute approximate surface area is 86.6 Å². The van der Waals surface area contributed by atoms with Crippen LogP contribution in [0.2, 0.25) is 5.02 Å². The lowest BCUT2D eigenvalue weighted by Crippen LogP contribution is -2.27. The summed E-state index contributed by atoms with van der Waals surface area (Å²) in [6, 6.07) is 6.44. The van der Waals surface area contributed by atoms with Gasteiger partial charge in [0.25, 0.3) is 0 Å². The Balaban J connectivity index is 2.84. The Bertz CT molecular complexity index is 330. The smallest absolute Gasteiger partial charge is 0.438 e. The van der Waals surface area contributed by atoms with E-state index in [-0.39, 0.29) is 17.3 Å². The second kappa shape index (κ2) is 4.83. The summed E-state index contributed by atoms with van der Waals surface area (Å²) in [4.78, 5) is 11.1. The molecule has 0 atom stereocenters. The van der Waals surface area contributed by atoms with Crippen molar-refractivity contribution >= 4 is 23.4 Å². The van der Waals surface area contributed by atoms with Crippen molar-refractivity contribution in [1.29, 1.82) is 0 Å². The van der Waals surface area contributed by atoms with E-state index in [9.17, 15) is 10.0 Å². The number of carbonyl (C=O) groups is 1. The molecule has 1 aromatic carbocycles. The van der Waals surface area contributed by atoms with Gasteiger partial charge in [-0.2, -0.15) is 5.06 Å². The maximum atomic E-state index is 11.1. The third-order valence-electron chi connectivity index (χ3n) is 1.52. The summed E-state index contributed by atoms with van der Waals surface area (Å²) in [5.74, 6) is 0. The third-order valence-corrected chi connectivity index (χ3v) is 1.84. The first-order chi connectivity index (χ1) is 6.66. The van der Waals surface area contributed by atoms with Crippen LogP contribution < -0.4 is 5.06 Å². The minimum atomic E-state index is -0.847. The van der Waals surface area contributed by atoms with E-state index in [4.69, 9.17) is 11.6 Å². The zero-order valence-electron chi connectivity index (χ0n) is 7.61. The number of hydroxylamine groups is 1. The van der Waals surface area contributed by atoms with Gasteiger partial charge in [0.2, 0.25) is 0 Å². The quantitative estimate of drug-likeness (QED) is 0.610. The summed E-state index contributed by atoms with van der Waals surface area (Å²) in [5.41, 5.74) is 0.201. The van der Waals surface area contributed by atoms with Gasteiger partial charge in [-0.3, -0.25) is 5.21 Å². The number of hydrogen-bond acceptors (Lipinski definition) is 3. The second-order valence-corrected chi connectivity index (χ2v) is 2.87. The van der Waals surface area contributed by atoms with Crippen LogP contribution in [-0.4, -0.2) is 17.9 Å². The summed E-state index contributed by atoms with van der Waals surface area (Å²) in [5, 5.41) is 10.0. The first kappa shape index (κ1) is 10.8. The van der Waals surface area contributed by atoms with Crippen LogP contribution in [0.25, 0.3) is 0 Å². The van der Waals surface area contributed by atoms with E-state index >= 15 is 0 Å². The van der Waals surface area contributed by atoms with Gasteiger partial charge < -0.3 is 4.74 Å². The lowest BCUT2D eigenvalue weighted by molar-refractivity contribution is 0.125. The van der Waals surface area contributed by atoms with Crippen molar-refractivity contribution in [3.8, 4) is 0 Å². The molecular weight excluding hydrogens is 206 g/mol. The van der Waals surface area contributed by atoms with Crippen LogP contribution >= 0.6 is 11.6 Å². The van der Waals surface area contributed by atoms with Gasteiger partial charge >= 0.3 is 6.09 Å². The van der Waals surface area contributed by atoms with Crippen molar-refractivity contribution < 1.29 is 14.7 Å². The van der Waals surface area contributed by atoms with Gasteiger partial charge in [0.1, 0.15) is 0 Å². The number of hydrogen-bond donors (Lipinski definition) is 1. The Morgan fingerprint density at radius 1 is 1.57 bits per heavy atom. The standard InChI is InChI=1S/C9H10ClNO3/c1-2-14-9(12)11(13)8-6-4-3-5-7(8)10/h3-6,13H,2H2,1H3. The number of rotatable bonds is 2. The second-order valence-electron chi connectivity index (χ2n) is 2.46. The molecule has 0 fully saturated rings. The van der Waals surface area contributed by atoms with E-state index in [0.29, 0.717) is 5.06 Å². The first-order valence-electron chi connectivity index (χ1n) is 4.07. The minimum absolute atomic E-state index is 0.195. The number of amides is 1. The van der Waals surface area contributed by atoms with E-state index in [1.807, 2.05) is 0 Å². The number of nitrogens with zero attached hydrogens (tertiary/aromatic N) is 1.